The van der Waals surface area contributed by atoms with Gasteiger partial charge in [-0.05, 0) is 118 Å². The van der Waals surface area contributed by atoms with E-state index in [0.717, 1.165) is 80.9 Å². The summed E-state index contributed by atoms with van der Waals surface area (Å²) >= 11 is 0. The van der Waals surface area contributed by atoms with Crippen LogP contribution in [0.25, 0.3) is 10.9 Å². The van der Waals surface area contributed by atoms with E-state index >= 15 is 0 Å². The third kappa shape index (κ3) is 7.50. The number of aryl methyl sites for hydroxylation is 2. The number of pyridine rings is 1. The van der Waals surface area contributed by atoms with Crippen molar-refractivity contribution in [1.29, 1.82) is 0 Å². The van der Waals surface area contributed by atoms with Crippen LogP contribution in [0.1, 0.15) is 56.1 Å². The van der Waals surface area contributed by atoms with Gasteiger partial charge in [0.1, 0.15) is 5.75 Å². The molecule has 1 saturated heterocycles. The van der Waals surface area contributed by atoms with Crippen LogP contribution in [-0.2, 0) is 17.6 Å². The molecule has 38 heavy (non-hydrogen) atoms. The summed E-state index contributed by atoms with van der Waals surface area (Å²) in [7, 11) is 1.67. The van der Waals surface area contributed by atoms with Gasteiger partial charge < -0.3 is 14.7 Å². The molecule has 1 N–H and O–H groups in total. The van der Waals surface area contributed by atoms with Gasteiger partial charge in [-0.3, -0.25) is 9.78 Å². The smallest absolute Gasteiger partial charge is 0.303 e. The Labute approximate surface area is 223 Å². The number of methoxy groups -OCH3 is 1. The van der Waals surface area contributed by atoms with Gasteiger partial charge in [0, 0.05) is 24.5 Å². The van der Waals surface area contributed by atoms with E-state index in [4.69, 9.17) is 4.74 Å². The first-order chi connectivity index (χ1) is 18.4. The minimum Gasteiger partial charge on any atom is -0.497 e. The third-order valence-electron chi connectivity index (χ3n) is 7.97. The standard InChI is InChI=1S/C31H38F2N2O3/c1-38-26-12-13-29-27(20-26)23(15-17-34-29)8-4-7-22-16-19-35(21-25(22)11-14-30(36)37)18-3-2-6-24-9-5-10-28(32)31(24)33/h5,9-10,12-13,15,17,20,22,25H,2-4,6-8,11,14,16,18-19,21H2,1H3,(H,36,37). The molecule has 2 heterocycles. The Bertz CT molecular complexity index is 1220. The van der Waals surface area contributed by atoms with Gasteiger partial charge in [-0.2, -0.15) is 0 Å². The van der Waals surface area contributed by atoms with Crippen molar-refractivity contribution < 1.29 is 23.4 Å². The van der Waals surface area contributed by atoms with Crippen molar-refractivity contribution in [1.82, 2.24) is 9.88 Å². The van der Waals surface area contributed by atoms with Gasteiger partial charge in [-0.1, -0.05) is 12.1 Å². The molecule has 5 nitrogen and oxygen atoms in total. The lowest BCUT2D eigenvalue weighted by Gasteiger charge is -2.39. The molecule has 7 heteroatoms. The third-order valence-corrected chi connectivity index (χ3v) is 7.97. The number of halogens is 2. The minimum absolute atomic E-state index is 0.197. The maximum Gasteiger partial charge on any atom is 0.303 e. The zero-order chi connectivity index (χ0) is 26.9. The number of likely N-dealkylation sites (tertiary alicyclic amines) is 1. The van der Waals surface area contributed by atoms with Gasteiger partial charge in [-0.25, -0.2) is 8.78 Å². The first-order valence-corrected chi connectivity index (χ1v) is 13.7. The number of carbonyl (C=O) groups is 1. The molecule has 0 aliphatic carbocycles. The normalized spacial score (nSPS) is 18.1. The van der Waals surface area contributed by atoms with Crippen molar-refractivity contribution in [2.24, 2.45) is 11.8 Å². The molecule has 1 aliphatic rings. The van der Waals surface area contributed by atoms with E-state index in [9.17, 15) is 18.7 Å². The number of piperidine rings is 1. The van der Waals surface area contributed by atoms with Gasteiger partial charge in [0.2, 0.25) is 0 Å². The van der Waals surface area contributed by atoms with Crippen molar-refractivity contribution in [3.05, 3.63) is 71.4 Å². The van der Waals surface area contributed by atoms with E-state index in [-0.39, 0.29) is 6.42 Å². The summed E-state index contributed by atoms with van der Waals surface area (Å²) in [6, 6.07) is 12.4. The number of rotatable bonds is 13. The Morgan fingerprint density at radius 3 is 2.71 bits per heavy atom. The zero-order valence-electron chi connectivity index (χ0n) is 22.2. The molecule has 0 radical (unpaired) electrons. The number of unbranched alkanes of at least 4 members (excludes halogenated alkanes) is 1. The molecule has 0 spiro atoms. The number of aliphatic carboxylic acids is 1. The maximum atomic E-state index is 13.9. The number of benzene rings is 2. The molecule has 2 unspecified atom stereocenters. The van der Waals surface area contributed by atoms with Crippen LogP contribution in [-0.4, -0.2) is 47.7 Å². The maximum absolute atomic E-state index is 13.9. The molecule has 1 aliphatic heterocycles. The molecule has 0 amide bonds. The highest BCUT2D eigenvalue weighted by atomic mass is 19.2. The summed E-state index contributed by atoms with van der Waals surface area (Å²) < 4.78 is 32.7. The lowest BCUT2D eigenvalue weighted by Crippen LogP contribution is -2.41. The Morgan fingerprint density at radius 2 is 1.89 bits per heavy atom. The highest BCUT2D eigenvalue weighted by molar-refractivity contribution is 5.83. The lowest BCUT2D eigenvalue weighted by molar-refractivity contribution is -0.137. The molecule has 204 valence electrons. The Hall–Kier alpha value is -3.06. The number of aromatic nitrogens is 1. The fraction of sp³-hybridized carbons (Fsp3) is 0.484. The Balaban J connectivity index is 1.28. The molecule has 1 fully saturated rings. The zero-order valence-corrected chi connectivity index (χ0v) is 22.2. The van der Waals surface area contributed by atoms with Crippen LogP contribution in [0.15, 0.2) is 48.7 Å². The average Bonchev–Trinajstić information content (AvgIpc) is 2.92. The SMILES string of the molecule is COc1ccc2nccc(CCCC3CCN(CCCCc4cccc(F)c4F)CC3CCC(=O)O)c2c1. The quantitative estimate of drug-likeness (QED) is 0.253. The fourth-order valence-corrected chi connectivity index (χ4v) is 5.85. The summed E-state index contributed by atoms with van der Waals surface area (Å²) in [6.45, 7) is 2.80. The molecule has 3 aromatic rings. The lowest BCUT2D eigenvalue weighted by atomic mass is 9.79. The second kappa shape index (κ2) is 13.7. The monoisotopic (exact) mass is 524 g/mol. The van der Waals surface area contributed by atoms with Crippen LogP contribution in [0.3, 0.4) is 0 Å². The van der Waals surface area contributed by atoms with Crippen LogP contribution in [0.5, 0.6) is 5.75 Å². The number of carboxylic acids is 1. The first kappa shape index (κ1) is 28.0. The van der Waals surface area contributed by atoms with Crippen LogP contribution in [0, 0.1) is 23.5 Å². The van der Waals surface area contributed by atoms with E-state index in [2.05, 4.69) is 22.0 Å². The van der Waals surface area contributed by atoms with E-state index in [1.54, 1.807) is 19.2 Å². The number of carboxylic acid groups (broad SMARTS) is 1. The number of nitrogens with zero attached hydrogens (tertiary/aromatic N) is 2. The Kier molecular flexibility index (Phi) is 10.0. The van der Waals surface area contributed by atoms with Crippen molar-refractivity contribution in [3.8, 4) is 5.75 Å². The van der Waals surface area contributed by atoms with Crippen molar-refractivity contribution >= 4 is 16.9 Å². The van der Waals surface area contributed by atoms with Gasteiger partial charge in [0.15, 0.2) is 11.6 Å². The van der Waals surface area contributed by atoms with Gasteiger partial charge >= 0.3 is 5.97 Å². The molecular formula is C31H38F2N2O3. The summed E-state index contributed by atoms with van der Waals surface area (Å²) in [5, 5.41) is 10.4. The summed E-state index contributed by atoms with van der Waals surface area (Å²) in [5.74, 6) is -0.572. The summed E-state index contributed by atoms with van der Waals surface area (Å²) in [4.78, 5) is 18.2. The topological polar surface area (TPSA) is 62.7 Å². The Morgan fingerprint density at radius 1 is 1.05 bits per heavy atom. The highest BCUT2D eigenvalue weighted by Gasteiger charge is 2.29. The van der Waals surface area contributed by atoms with Crippen molar-refractivity contribution in [3.63, 3.8) is 0 Å². The average molecular weight is 525 g/mol. The van der Waals surface area contributed by atoms with E-state index < -0.39 is 17.6 Å². The number of hydrogen-bond acceptors (Lipinski definition) is 4. The summed E-state index contributed by atoms with van der Waals surface area (Å²) in [5.41, 5.74) is 2.67. The molecule has 4 rings (SSSR count). The van der Waals surface area contributed by atoms with Crippen LogP contribution in [0.4, 0.5) is 8.78 Å². The fourth-order valence-electron chi connectivity index (χ4n) is 5.85. The van der Waals surface area contributed by atoms with Crippen LogP contribution < -0.4 is 4.74 Å². The number of fused-ring (bicyclic) bond motifs is 1. The second-order valence-electron chi connectivity index (χ2n) is 10.5. The minimum atomic E-state index is -0.789. The predicted molar refractivity (Wildman–Crippen MR) is 145 cm³/mol. The predicted octanol–water partition coefficient (Wildman–Crippen LogP) is 6.67. The van der Waals surface area contributed by atoms with Gasteiger partial charge in [-0.15, -0.1) is 0 Å². The van der Waals surface area contributed by atoms with Crippen LogP contribution >= 0.6 is 0 Å². The molecule has 1 aromatic heterocycles. The van der Waals surface area contributed by atoms with Crippen LogP contribution in [0.2, 0.25) is 0 Å². The molecule has 0 bridgehead atoms. The molecule has 2 atom stereocenters. The van der Waals surface area contributed by atoms with Gasteiger partial charge in [0.25, 0.3) is 0 Å². The summed E-state index contributed by atoms with van der Waals surface area (Å²) in [6.07, 6.45) is 9.12. The van der Waals surface area contributed by atoms with E-state index in [1.165, 1.54) is 5.56 Å². The van der Waals surface area contributed by atoms with E-state index in [1.807, 2.05) is 18.3 Å². The highest BCUT2D eigenvalue weighted by Crippen LogP contribution is 2.32. The molecule has 0 saturated carbocycles. The number of ether oxygens (including phenoxy) is 1. The van der Waals surface area contributed by atoms with Crippen molar-refractivity contribution in [2.75, 3.05) is 26.7 Å². The van der Waals surface area contributed by atoms with Crippen molar-refractivity contribution in [2.45, 2.75) is 57.8 Å². The van der Waals surface area contributed by atoms with E-state index in [0.29, 0.717) is 30.2 Å². The largest absolute Gasteiger partial charge is 0.497 e. The molecular weight excluding hydrogens is 486 g/mol. The second-order valence-corrected chi connectivity index (χ2v) is 10.5. The van der Waals surface area contributed by atoms with Gasteiger partial charge in [0.05, 0.1) is 12.6 Å². The first-order valence-electron chi connectivity index (χ1n) is 13.7. The molecule has 2 aromatic carbocycles. The number of hydrogen-bond donors (Lipinski definition) is 1.